The highest BCUT2D eigenvalue weighted by Gasteiger charge is 2.25. The van der Waals surface area contributed by atoms with E-state index >= 15 is 0 Å². The lowest BCUT2D eigenvalue weighted by Gasteiger charge is -2.16. The van der Waals surface area contributed by atoms with E-state index in [2.05, 4.69) is 51.6 Å². The summed E-state index contributed by atoms with van der Waals surface area (Å²) in [5.74, 6) is 1.15. The molecule has 1 aliphatic carbocycles. The van der Waals surface area contributed by atoms with Gasteiger partial charge in [-0.1, -0.05) is 36.4 Å². The SMILES string of the molecule is N#Cc1ccc(-c2cc(-n3c4c(c5cc(C#N)ccc53)CC(C#N)C=C4)nc(-n3c4ccccc4c4cccnc43)c2)cc1. The van der Waals surface area contributed by atoms with Crippen molar-refractivity contribution >= 4 is 38.9 Å². The molecule has 0 spiro atoms. The maximum Gasteiger partial charge on any atom is 0.146 e. The first-order valence-electron chi connectivity index (χ1n) is 14.2. The van der Waals surface area contributed by atoms with Crippen LogP contribution in [-0.2, 0) is 6.42 Å². The molecule has 0 bridgehead atoms. The smallest absolute Gasteiger partial charge is 0.146 e. The fraction of sp³-hybridized carbons (Fsp3) is 0.0541. The van der Waals surface area contributed by atoms with Crippen molar-refractivity contribution in [2.24, 2.45) is 5.92 Å². The number of benzene rings is 3. The van der Waals surface area contributed by atoms with Crippen LogP contribution in [0.5, 0.6) is 0 Å². The van der Waals surface area contributed by atoms with E-state index in [1.165, 1.54) is 0 Å². The Kier molecular flexibility index (Phi) is 5.63. The molecule has 0 N–H and O–H groups in total. The standard InChI is InChI=1S/C37H21N7/c38-20-23-7-11-26(12-8-23)27-18-35(42-36(19-27)44-32-6-2-1-4-28(32)29-5-3-15-41-37(29)44)43-33-13-9-24(21-39)16-30(33)31-17-25(22-40)10-14-34(31)43/h1-16,18-19,25H,17H2. The van der Waals surface area contributed by atoms with Gasteiger partial charge in [-0.2, -0.15) is 15.8 Å². The van der Waals surface area contributed by atoms with E-state index in [0.29, 0.717) is 29.2 Å². The van der Waals surface area contributed by atoms with Crippen LogP contribution in [0.3, 0.4) is 0 Å². The zero-order valence-corrected chi connectivity index (χ0v) is 23.3. The maximum absolute atomic E-state index is 9.73. The van der Waals surface area contributed by atoms with E-state index in [1.807, 2.05) is 78.9 Å². The minimum atomic E-state index is -0.246. The monoisotopic (exact) mass is 563 g/mol. The Bertz CT molecular complexity index is 2400. The Morgan fingerprint density at radius 1 is 0.682 bits per heavy atom. The third-order valence-electron chi connectivity index (χ3n) is 8.36. The highest BCUT2D eigenvalue weighted by atomic mass is 15.2. The van der Waals surface area contributed by atoms with Crippen LogP contribution < -0.4 is 0 Å². The predicted octanol–water partition coefficient (Wildman–Crippen LogP) is 7.64. The summed E-state index contributed by atoms with van der Waals surface area (Å²) < 4.78 is 4.21. The molecular formula is C37H21N7. The molecule has 0 radical (unpaired) electrons. The number of pyridine rings is 2. The van der Waals surface area contributed by atoms with Gasteiger partial charge < -0.3 is 0 Å². The number of allylic oxidation sites excluding steroid dienone is 1. The van der Waals surface area contributed by atoms with E-state index in [9.17, 15) is 15.8 Å². The quantitative estimate of drug-likeness (QED) is 0.220. The Morgan fingerprint density at radius 2 is 1.41 bits per heavy atom. The van der Waals surface area contributed by atoms with Gasteiger partial charge in [0.05, 0.1) is 52.0 Å². The summed E-state index contributed by atoms with van der Waals surface area (Å²) in [6, 6.07) is 36.4. The molecule has 0 saturated heterocycles. The molecule has 0 saturated carbocycles. The summed E-state index contributed by atoms with van der Waals surface area (Å²) in [4.78, 5) is 10.1. The molecular weight excluding hydrogens is 542 g/mol. The number of fused-ring (bicyclic) bond motifs is 6. The average molecular weight is 564 g/mol. The maximum atomic E-state index is 9.73. The zero-order chi connectivity index (χ0) is 29.8. The van der Waals surface area contributed by atoms with Crippen molar-refractivity contribution in [2.75, 3.05) is 0 Å². The minimum absolute atomic E-state index is 0.246. The van der Waals surface area contributed by atoms with Crippen LogP contribution in [0.2, 0.25) is 0 Å². The second-order valence-electron chi connectivity index (χ2n) is 10.8. The van der Waals surface area contributed by atoms with Crippen molar-refractivity contribution in [1.29, 1.82) is 15.8 Å². The molecule has 4 heterocycles. The van der Waals surface area contributed by atoms with Crippen molar-refractivity contribution in [3.63, 3.8) is 0 Å². The third kappa shape index (κ3) is 3.80. The Labute approximate surface area is 252 Å². The molecule has 3 aromatic carbocycles. The van der Waals surface area contributed by atoms with E-state index < -0.39 is 0 Å². The summed E-state index contributed by atoms with van der Waals surface area (Å²) in [5.41, 5.74) is 7.70. The number of nitrogens with zero attached hydrogens (tertiary/aromatic N) is 7. The van der Waals surface area contributed by atoms with Crippen LogP contribution in [0.1, 0.15) is 22.4 Å². The van der Waals surface area contributed by atoms with E-state index in [4.69, 9.17) is 9.97 Å². The molecule has 204 valence electrons. The topological polar surface area (TPSA) is 107 Å². The normalized spacial score (nSPS) is 13.9. The van der Waals surface area contributed by atoms with Crippen LogP contribution in [0.4, 0.5) is 0 Å². The lowest BCUT2D eigenvalue weighted by Crippen LogP contribution is -2.09. The van der Waals surface area contributed by atoms with Gasteiger partial charge in [-0.15, -0.1) is 0 Å². The molecule has 1 unspecified atom stereocenters. The molecule has 0 fully saturated rings. The molecule has 0 aliphatic heterocycles. The molecule has 44 heavy (non-hydrogen) atoms. The van der Waals surface area contributed by atoms with Crippen molar-refractivity contribution in [1.82, 2.24) is 19.1 Å². The molecule has 1 atom stereocenters. The third-order valence-corrected chi connectivity index (χ3v) is 8.36. The Morgan fingerprint density at radius 3 is 2.20 bits per heavy atom. The lowest BCUT2D eigenvalue weighted by molar-refractivity contribution is 0.807. The van der Waals surface area contributed by atoms with Crippen LogP contribution in [0.25, 0.3) is 61.7 Å². The average Bonchev–Trinajstić information content (AvgIpc) is 3.60. The largest absolute Gasteiger partial charge is 0.294 e. The van der Waals surface area contributed by atoms with Crippen molar-refractivity contribution in [2.45, 2.75) is 6.42 Å². The van der Waals surface area contributed by atoms with Gasteiger partial charge in [-0.25, -0.2) is 9.97 Å². The van der Waals surface area contributed by atoms with Crippen molar-refractivity contribution in [3.05, 3.63) is 126 Å². The van der Waals surface area contributed by atoms with Gasteiger partial charge in [0.2, 0.25) is 0 Å². The van der Waals surface area contributed by atoms with Gasteiger partial charge in [-0.05, 0) is 89.9 Å². The highest BCUT2D eigenvalue weighted by Crippen LogP contribution is 2.38. The van der Waals surface area contributed by atoms with Gasteiger partial charge in [0.25, 0.3) is 0 Å². The molecule has 7 heteroatoms. The number of hydrogen-bond acceptors (Lipinski definition) is 5. The summed E-state index contributed by atoms with van der Waals surface area (Å²) in [6.45, 7) is 0. The second kappa shape index (κ2) is 9.81. The Balaban J connectivity index is 1.47. The van der Waals surface area contributed by atoms with Gasteiger partial charge in [0.1, 0.15) is 17.3 Å². The van der Waals surface area contributed by atoms with Crippen LogP contribution in [0.15, 0.2) is 103 Å². The summed E-state index contributed by atoms with van der Waals surface area (Å²) in [5, 5.41) is 31.9. The van der Waals surface area contributed by atoms with Crippen LogP contribution in [0, 0.1) is 39.9 Å². The number of hydrogen-bond donors (Lipinski definition) is 0. The van der Waals surface area contributed by atoms with Crippen LogP contribution in [-0.4, -0.2) is 19.1 Å². The second-order valence-corrected chi connectivity index (χ2v) is 10.8. The van der Waals surface area contributed by atoms with E-state index in [0.717, 1.165) is 55.2 Å². The lowest BCUT2D eigenvalue weighted by atomic mass is 9.92. The van der Waals surface area contributed by atoms with Crippen molar-refractivity contribution in [3.8, 4) is 41.0 Å². The van der Waals surface area contributed by atoms with Gasteiger partial charge in [0.15, 0.2) is 0 Å². The molecule has 7 nitrogen and oxygen atoms in total. The summed E-state index contributed by atoms with van der Waals surface area (Å²) in [7, 11) is 0. The first kappa shape index (κ1) is 25.2. The number of nitriles is 3. The Hall–Kier alpha value is -6.49. The van der Waals surface area contributed by atoms with Gasteiger partial charge in [-0.3, -0.25) is 9.13 Å². The molecule has 8 rings (SSSR count). The highest BCUT2D eigenvalue weighted by molar-refractivity contribution is 6.07. The summed E-state index contributed by atoms with van der Waals surface area (Å²) in [6.07, 6.45) is 6.28. The van der Waals surface area contributed by atoms with Crippen molar-refractivity contribution < 1.29 is 0 Å². The first-order valence-corrected chi connectivity index (χ1v) is 14.2. The number of rotatable bonds is 3. The van der Waals surface area contributed by atoms with Gasteiger partial charge >= 0.3 is 0 Å². The fourth-order valence-corrected chi connectivity index (χ4v) is 6.33. The predicted molar refractivity (Wildman–Crippen MR) is 170 cm³/mol. The molecule has 7 aromatic rings. The van der Waals surface area contributed by atoms with Crippen LogP contribution >= 0.6 is 0 Å². The van der Waals surface area contributed by atoms with E-state index in [1.54, 1.807) is 6.20 Å². The van der Waals surface area contributed by atoms with Gasteiger partial charge in [0, 0.05) is 22.4 Å². The summed E-state index contributed by atoms with van der Waals surface area (Å²) >= 11 is 0. The first-order chi connectivity index (χ1) is 21.7. The zero-order valence-electron chi connectivity index (χ0n) is 23.3. The molecule has 0 amide bonds. The molecule has 4 aromatic heterocycles. The fourth-order valence-electron chi connectivity index (χ4n) is 6.33. The minimum Gasteiger partial charge on any atom is -0.294 e. The van der Waals surface area contributed by atoms with E-state index in [-0.39, 0.29) is 5.92 Å². The number of aromatic nitrogens is 4. The number of para-hydroxylation sites is 1. The molecule has 1 aliphatic rings.